The number of likely N-dealkylation sites (tertiary alicyclic amines) is 1. The monoisotopic (exact) mass is 553 g/mol. The molecule has 1 N–H and O–H groups in total. The summed E-state index contributed by atoms with van der Waals surface area (Å²) >= 11 is 6.13. The molecule has 38 heavy (non-hydrogen) atoms. The molecule has 4 rings (SSSR count). The standard InChI is InChI=1S/C30H36ClN3O3S/c1-3-28(22-6-10-27(11-7-22)38(2,36)37)30(35)33-26-14-19-34(20-15-26)21-16-29(24-12-17-32-18-13-24)23-4-8-25(31)9-5-23/h4-13,17-18,26,28-29H,3,14-16,19-21H2,1-2H3,(H,33,35). The molecule has 1 aliphatic rings. The van der Waals surface area contributed by atoms with Crippen LogP contribution in [0.4, 0.5) is 0 Å². The van der Waals surface area contributed by atoms with Gasteiger partial charge in [-0.3, -0.25) is 9.78 Å². The van der Waals surface area contributed by atoms with E-state index in [2.05, 4.69) is 39.5 Å². The molecular weight excluding hydrogens is 518 g/mol. The van der Waals surface area contributed by atoms with Gasteiger partial charge in [-0.15, -0.1) is 0 Å². The highest BCUT2D eigenvalue weighted by Crippen LogP contribution is 2.29. The Labute approximate surface area is 231 Å². The maximum Gasteiger partial charge on any atom is 0.227 e. The van der Waals surface area contributed by atoms with Gasteiger partial charge in [0, 0.05) is 48.7 Å². The molecule has 1 aromatic heterocycles. The first-order valence-corrected chi connectivity index (χ1v) is 15.5. The van der Waals surface area contributed by atoms with Crippen molar-refractivity contribution in [2.24, 2.45) is 0 Å². The van der Waals surface area contributed by atoms with Crippen LogP contribution in [-0.4, -0.2) is 56.1 Å². The van der Waals surface area contributed by atoms with Crippen molar-refractivity contribution in [3.05, 3.63) is 94.8 Å². The van der Waals surface area contributed by atoms with Crippen LogP contribution < -0.4 is 5.32 Å². The Hall–Kier alpha value is -2.74. The molecule has 1 saturated heterocycles. The molecule has 202 valence electrons. The number of amides is 1. The molecule has 0 saturated carbocycles. The summed E-state index contributed by atoms with van der Waals surface area (Å²) in [6.07, 6.45) is 8.35. The van der Waals surface area contributed by atoms with Crippen molar-refractivity contribution >= 4 is 27.3 Å². The minimum Gasteiger partial charge on any atom is -0.353 e. The van der Waals surface area contributed by atoms with E-state index < -0.39 is 9.84 Å². The van der Waals surface area contributed by atoms with Gasteiger partial charge in [0.15, 0.2) is 9.84 Å². The Morgan fingerprint density at radius 3 is 2.13 bits per heavy atom. The van der Waals surface area contributed by atoms with E-state index in [1.807, 2.05) is 31.5 Å². The molecule has 0 spiro atoms. The van der Waals surface area contributed by atoms with Crippen molar-refractivity contribution in [3.63, 3.8) is 0 Å². The number of hydrogen-bond acceptors (Lipinski definition) is 5. The molecule has 3 aromatic rings. The lowest BCUT2D eigenvalue weighted by Crippen LogP contribution is -2.46. The highest BCUT2D eigenvalue weighted by Gasteiger charge is 2.26. The summed E-state index contributed by atoms with van der Waals surface area (Å²) in [6, 6.07) is 19.1. The van der Waals surface area contributed by atoms with Crippen LogP contribution >= 0.6 is 11.6 Å². The van der Waals surface area contributed by atoms with Crippen molar-refractivity contribution in [2.45, 2.75) is 55.4 Å². The van der Waals surface area contributed by atoms with Crippen LogP contribution in [-0.2, 0) is 14.6 Å². The Kier molecular flexibility index (Phi) is 9.58. The van der Waals surface area contributed by atoms with E-state index in [0.717, 1.165) is 49.5 Å². The van der Waals surface area contributed by atoms with Crippen molar-refractivity contribution in [3.8, 4) is 0 Å². The zero-order valence-electron chi connectivity index (χ0n) is 22.0. The van der Waals surface area contributed by atoms with E-state index in [4.69, 9.17) is 11.6 Å². The third kappa shape index (κ3) is 7.43. The Balaban J connectivity index is 1.31. The molecule has 2 unspecified atom stereocenters. The summed E-state index contributed by atoms with van der Waals surface area (Å²) in [4.78, 5) is 20.0. The number of hydrogen-bond donors (Lipinski definition) is 1. The molecule has 6 nitrogen and oxygen atoms in total. The van der Waals surface area contributed by atoms with Gasteiger partial charge in [0.2, 0.25) is 5.91 Å². The fraction of sp³-hybridized carbons (Fsp3) is 0.400. The molecule has 8 heteroatoms. The van der Waals surface area contributed by atoms with Gasteiger partial charge in [0.05, 0.1) is 10.8 Å². The van der Waals surface area contributed by atoms with Gasteiger partial charge in [-0.25, -0.2) is 8.42 Å². The number of piperidine rings is 1. The number of pyridine rings is 1. The highest BCUT2D eigenvalue weighted by molar-refractivity contribution is 7.90. The number of rotatable bonds is 10. The molecule has 1 aliphatic heterocycles. The van der Waals surface area contributed by atoms with Crippen molar-refractivity contribution in [1.82, 2.24) is 15.2 Å². The van der Waals surface area contributed by atoms with Crippen LogP contribution in [0.2, 0.25) is 5.02 Å². The number of carbonyl (C=O) groups excluding carboxylic acids is 1. The van der Waals surface area contributed by atoms with E-state index in [9.17, 15) is 13.2 Å². The summed E-state index contributed by atoms with van der Waals surface area (Å²) < 4.78 is 23.5. The lowest BCUT2D eigenvalue weighted by Gasteiger charge is -2.34. The first-order valence-electron chi connectivity index (χ1n) is 13.2. The smallest absolute Gasteiger partial charge is 0.227 e. The average Bonchev–Trinajstić information content (AvgIpc) is 2.91. The van der Waals surface area contributed by atoms with E-state index in [-0.39, 0.29) is 28.7 Å². The van der Waals surface area contributed by atoms with E-state index in [1.165, 1.54) is 17.4 Å². The van der Waals surface area contributed by atoms with Gasteiger partial charge in [-0.05, 0) is 85.3 Å². The molecule has 0 aliphatic carbocycles. The van der Waals surface area contributed by atoms with E-state index >= 15 is 0 Å². The van der Waals surface area contributed by atoms with E-state index in [0.29, 0.717) is 6.42 Å². The van der Waals surface area contributed by atoms with Crippen LogP contribution in [0.3, 0.4) is 0 Å². The fourth-order valence-corrected chi connectivity index (χ4v) is 6.01. The summed E-state index contributed by atoms with van der Waals surface area (Å²) in [6.45, 7) is 4.83. The number of benzene rings is 2. The SMILES string of the molecule is CCC(C(=O)NC1CCN(CCC(c2ccncc2)c2ccc(Cl)cc2)CC1)c1ccc(S(C)(=O)=O)cc1. The first kappa shape index (κ1) is 28.3. The topological polar surface area (TPSA) is 79.4 Å². The molecule has 2 aromatic carbocycles. The normalized spacial score (nSPS) is 16.6. The Bertz CT molecular complexity index is 1290. The third-order valence-electron chi connectivity index (χ3n) is 7.48. The van der Waals surface area contributed by atoms with Gasteiger partial charge in [-0.1, -0.05) is 42.8 Å². The van der Waals surface area contributed by atoms with Crippen LogP contribution in [0.5, 0.6) is 0 Å². The maximum absolute atomic E-state index is 13.1. The fourth-order valence-electron chi connectivity index (χ4n) is 5.25. The molecular formula is C30H36ClN3O3S. The largest absolute Gasteiger partial charge is 0.353 e. The second-order valence-corrected chi connectivity index (χ2v) is 12.6. The zero-order chi connectivity index (χ0) is 27.1. The quantitative estimate of drug-likeness (QED) is 0.362. The summed E-state index contributed by atoms with van der Waals surface area (Å²) in [5, 5.41) is 3.99. The third-order valence-corrected chi connectivity index (χ3v) is 8.86. The summed E-state index contributed by atoms with van der Waals surface area (Å²) in [5.74, 6) is -0.00669. The molecule has 1 amide bonds. The second kappa shape index (κ2) is 12.9. The van der Waals surface area contributed by atoms with Gasteiger partial charge >= 0.3 is 0 Å². The van der Waals surface area contributed by atoms with E-state index in [1.54, 1.807) is 24.3 Å². The van der Waals surface area contributed by atoms with Crippen LogP contribution in [0.1, 0.15) is 61.1 Å². The highest BCUT2D eigenvalue weighted by atomic mass is 35.5. The molecule has 2 heterocycles. The predicted molar refractivity (Wildman–Crippen MR) is 152 cm³/mol. The Morgan fingerprint density at radius 2 is 1.55 bits per heavy atom. The number of halogens is 1. The van der Waals surface area contributed by atoms with Crippen molar-refractivity contribution in [1.29, 1.82) is 0 Å². The minimum atomic E-state index is -3.26. The average molecular weight is 554 g/mol. The van der Waals surface area contributed by atoms with Crippen molar-refractivity contribution in [2.75, 3.05) is 25.9 Å². The van der Waals surface area contributed by atoms with Crippen LogP contribution in [0.25, 0.3) is 0 Å². The summed E-state index contributed by atoms with van der Waals surface area (Å²) in [7, 11) is -3.26. The summed E-state index contributed by atoms with van der Waals surface area (Å²) in [5.41, 5.74) is 3.34. The molecule has 1 fully saturated rings. The molecule has 2 atom stereocenters. The lowest BCUT2D eigenvalue weighted by atomic mass is 9.88. The van der Waals surface area contributed by atoms with Crippen LogP contribution in [0, 0.1) is 0 Å². The van der Waals surface area contributed by atoms with Crippen LogP contribution in [0.15, 0.2) is 78.0 Å². The van der Waals surface area contributed by atoms with Gasteiger partial charge < -0.3 is 10.2 Å². The van der Waals surface area contributed by atoms with Crippen molar-refractivity contribution < 1.29 is 13.2 Å². The molecule has 0 bridgehead atoms. The number of aromatic nitrogens is 1. The van der Waals surface area contributed by atoms with Gasteiger partial charge in [-0.2, -0.15) is 0 Å². The second-order valence-electron chi connectivity index (χ2n) is 10.1. The predicted octanol–water partition coefficient (Wildman–Crippen LogP) is 5.43. The number of nitrogens with zero attached hydrogens (tertiary/aromatic N) is 2. The first-order chi connectivity index (χ1) is 18.2. The number of sulfone groups is 1. The lowest BCUT2D eigenvalue weighted by molar-refractivity contribution is -0.123. The van der Waals surface area contributed by atoms with Gasteiger partial charge in [0.25, 0.3) is 0 Å². The minimum absolute atomic E-state index is 0.0125. The zero-order valence-corrected chi connectivity index (χ0v) is 23.6. The molecule has 0 radical (unpaired) electrons. The maximum atomic E-state index is 13.1. The number of nitrogens with one attached hydrogen (secondary N) is 1. The van der Waals surface area contributed by atoms with Gasteiger partial charge in [0.1, 0.15) is 0 Å². The number of carbonyl (C=O) groups is 1. The Morgan fingerprint density at radius 1 is 0.974 bits per heavy atom.